The molecule has 6 aromatic rings. The number of rotatable bonds is 15. The van der Waals surface area contributed by atoms with Crippen molar-refractivity contribution in [3.8, 4) is 28.7 Å². The van der Waals surface area contributed by atoms with E-state index in [2.05, 4.69) is 0 Å². The molecule has 0 radical (unpaired) electrons. The fourth-order valence-corrected chi connectivity index (χ4v) is 6.15. The third kappa shape index (κ3) is 9.37. The van der Waals surface area contributed by atoms with E-state index in [-0.39, 0.29) is 12.4 Å². The Labute approximate surface area is 310 Å². The Kier molecular flexibility index (Phi) is 11.5. The third-order valence-corrected chi connectivity index (χ3v) is 8.97. The summed E-state index contributed by atoms with van der Waals surface area (Å²) in [6.45, 7) is 3.24. The summed E-state index contributed by atoms with van der Waals surface area (Å²) in [4.78, 5) is 12.9. The molecule has 7 heteroatoms. The molecular weight excluding hydrogens is 664 g/mol. The van der Waals surface area contributed by atoms with E-state index in [0.29, 0.717) is 61.6 Å². The first-order valence-corrected chi connectivity index (χ1v) is 17.9. The third-order valence-electron chi connectivity index (χ3n) is 8.97. The Balaban J connectivity index is 1.22. The molecule has 0 unspecified atom stereocenters. The van der Waals surface area contributed by atoms with Crippen molar-refractivity contribution in [3.63, 3.8) is 0 Å². The standard InChI is InChI=1S/C46H42O7/c1-2-45(47)52-44-28-39-41(50-31-35-19-11-5-12-20-35)26-38(48-29-33-15-7-3-8-16-33)27-42(39)53-46(44)37-23-24-40(49-30-34-17-9-4-10-18-34)43(25-37)51-32-36-21-13-6-14-22-36/h3-27,44,46H,2,28-32H2,1H3/t44-,46+/m1/s1. The summed E-state index contributed by atoms with van der Waals surface area (Å²) in [6, 6.07) is 49.5. The fourth-order valence-electron chi connectivity index (χ4n) is 6.15. The molecule has 0 N–H and O–H groups in total. The van der Waals surface area contributed by atoms with Crippen molar-refractivity contribution in [1.82, 2.24) is 0 Å². The van der Waals surface area contributed by atoms with Crippen LogP contribution in [0.5, 0.6) is 28.7 Å². The van der Waals surface area contributed by atoms with Crippen molar-refractivity contribution in [3.05, 3.63) is 185 Å². The largest absolute Gasteiger partial charge is 0.489 e. The van der Waals surface area contributed by atoms with Gasteiger partial charge in [0.1, 0.15) is 49.8 Å². The molecule has 0 spiro atoms. The van der Waals surface area contributed by atoms with Crippen LogP contribution in [0.25, 0.3) is 0 Å². The minimum atomic E-state index is -0.647. The highest BCUT2D eigenvalue weighted by atomic mass is 16.6. The summed E-state index contributed by atoms with van der Waals surface area (Å²) >= 11 is 0. The van der Waals surface area contributed by atoms with Gasteiger partial charge in [0.2, 0.25) is 0 Å². The van der Waals surface area contributed by atoms with Crippen molar-refractivity contribution in [2.24, 2.45) is 0 Å². The fraction of sp³-hybridized carbons (Fsp3) is 0.196. The Morgan fingerprint density at radius 3 is 1.58 bits per heavy atom. The van der Waals surface area contributed by atoms with Crippen molar-refractivity contribution in [1.29, 1.82) is 0 Å². The van der Waals surface area contributed by atoms with Gasteiger partial charge in [-0.1, -0.05) is 134 Å². The zero-order valence-corrected chi connectivity index (χ0v) is 29.7. The Bertz CT molecular complexity index is 2070. The van der Waals surface area contributed by atoms with Crippen molar-refractivity contribution in [2.75, 3.05) is 0 Å². The van der Waals surface area contributed by atoms with E-state index in [1.54, 1.807) is 6.92 Å². The number of fused-ring (bicyclic) bond motifs is 1. The highest BCUT2D eigenvalue weighted by Gasteiger charge is 2.37. The molecule has 1 heterocycles. The first-order valence-electron chi connectivity index (χ1n) is 17.9. The molecule has 0 fully saturated rings. The molecule has 0 aromatic heterocycles. The molecule has 268 valence electrons. The molecule has 0 aliphatic carbocycles. The van der Waals surface area contributed by atoms with Gasteiger partial charge in [0.05, 0.1) is 0 Å². The lowest BCUT2D eigenvalue weighted by Gasteiger charge is -2.35. The van der Waals surface area contributed by atoms with E-state index < -0.39 is 12.2 Å². The van der Waals surface area contributed by atoms with E-state index in [9.17, 15) is 4.79 Å². The average Bonchev–Trinajstić information content (AvgIpc) is 3.22. The minimum absolute atomic E-state index is 0.234. The molecule has 0 saturated carbocycles. The van der Waals surface area contributed by atoms with Gasteiger partial charge < -0.3 is 28.4 Å². The van der Waals surface area contributed by atoms with Gasteiger partial charge in [-0.05, 0) is 34.4 Å². The second kappa shape index (κ2) is 17.3. The summed E-state index contributed by atoms with van der Waals surface area (Å²) < 4.78 is 38.3. The summed E-state index contributed by atoms with van der Waals surface area (Å²) in [5.74, 6) is 2.66. The van der Waals surface area contributed by atoms with Crippen molar-refractivity contribution >= 4 is 5.97 Å². The van der Waals surface area contributed by atoms with Crippen LogP contribution in [0.4, 0.5) is 0 Å². The topological polar surface area (TPSA) is 72.5 Å². The zero-order chi connectivity index (χ0) is 36.2. The van der Waals surface area contributed by atoms with E-state index in [1.807, 2.05) is 152 Å². The van der Waals surface area contributed by atoms with Gasteiger partial charge >= 0.3 is 5.97 Å². The van der Waals surface area contributed by atoms with Crippen LogP contribution < -0.4 is 23.7 Å². The zero-order valence-electron chi connectivity index (χ0n) is 29.7. The second-order valence-electron chi connectivity index (χ2n) is 12.8. The van der Waals surface area contributed by atoms with E-state index in [0.717, 1.165) is 33.4 Å². The number of carbonyl (C=O) groups excluding carboxylic acids is 1. The quantitative estimate of drug-likeness (QED) is 0.0985. The first-order chi connectivity index (χ1) is 26.1. The summed E-state index contributed by atoms with van der Waals surface area (Å²) in [7, 11) is 0. The Morgan fingerprint density at radius 2 is 1.06 bits per heavy atom. The molecule has 7 rings (SSSR count). The summed E-state index contributed by atoms with van der Waals surface area (Å²) in [5.41, 5.74) is 5.72. The van der Waals surface area contributed by atoms with E-state index in [4.69, 9.17) is 28.4 Å². The van der Waals surface area contributed by atoms with Crippen LogP contribution in [-0.2, 0) is 42.4 Å². The van der Waals surface area contributed by atoms with Crippen molar-refractivity contribution < 1.29 is 33.2 Å². The molecule has 53 heavy (non-hydrogen) atoms. The lowest BCUT2D eigenvalue weighted by atomic mass is 9.93. The maximum Gasteiger partial charge on any atom is 0.305 e. The molecule has 2 atom stereocenters. The maximum absolute atomic E-state index is 12.9. The number of esters is 1. The maximum atomic E-state index is 12.9. The number of carbonyl (C=O) groups is 1. The summed E-state index contributed by atoms with van der Waals surface area (Å²) in [5, 5.41) is 0. The number of hydrogen-bond acceptors (Lipinski definition) is 7. The molecule has 0 saturated heterocycles. The lowest BCUT2D eigenvalue weighted by molar-refractivity contribution is -0.154. The van der Waals surface area contributed by atoms with Crippen LogP contribution in [0.1, 0.15) is 52.8 Å². The van der Waals surface area contributed by atoms with Gasteiger partial charge in [-0.2, -0.15) is 0 Å². The van der Waals surface area contributed by atoms with Gasteiger partial charge in [0.25, 0.3) is 0 Å². The van der Waals surface area contributed by atoms with E-state index in [1.165, 1.54) is 0 Å². The SMILES string of the molecule is CCC(=O)O[C@@H]1Cc2c(OCc3ccccc3)cc(OCc3ccccc3)cc2O[C@H]1c1ccc(OCc2ccccc2)c(OCc2ccccc2)c1. The van der Waals surface area contributed by atoms with Gasteiger partial charge in [-0.3, -0.25) is 4.79 Å². The predicted octanol–water partition coefficient (Wildman–Crippen LogP) is 10.0. The highest BCUT2D eigenvalue weighted by Crippen LogP contribution is 2.45. The Hall–Kier alpha value is -6.21. The molecule has 0 amide bonds. The number of benzene rings is 6. The Morgan fingerprint density at radius 1 is 0.566 bits per heavy atom. The monoisotopic (exact) mass is 706 g/mol. The minimum Gasteiger partial charge on any atom is -0.489 e. The van der Waals surface area contributed by atoms with E-state index >= 15 is 0 Å². The predicted molar refractivity (Wildman–Crippen MR) is 203 cm³/mol. The second-order valence-corrected chi connectivity index (χ2v) is 12.8. The van der Waals surface area contributed by atoms with Crippen LogP contribution in [0.3, 0.4) is 0 Å². The number of ether oxygens (including phenoxy) is 6. The van der Waals surface area contributed by atoms with Gasteiger partial charge in [0, 0.05) is 36.1 Å². The van der Waals surface area contributed by atoms with Crippen LogP contribution in [0.2, 0.25) is 0 Å². The average molecular weight is 707 g/mol. The van der Waals surface area contributed by atoms with Crippen LogP contribution in [0, 0.1) is 0 Å². The van der Waals surface area contributed by atoms with Crippen LogP contribution >= 0.6 is 0 Å². The number of hydrogen-bond donors (Lipinski definition) is 0. The molecule has 0 bridgehead atoms. The van der Waals surface area contributed by atoms with Gasteiger partial charge in [-0.25, -0.2) is 0 Å². The van der Waals surface area contributed by atoms with Crippen LogP contribution in [0.15, 0.2) is 152 Å². The molecule has 1 aliphatic rings. The smallest absolute Gasteiger partial charge is 0.305 e. The normalized spacial score (nSPS) is 14.7. The summed E-state index contributed by atoms with van der Waals surface area (Å²) in [6.07, 6.45) is -0.673. The molecular formula is C46H42O7. The molecule has 1 aliphatic heterocycles. The van der Waals surface area contributed by atoms with Crippen LogP contribution in [-0.4, -0.2) is 12.1 Å². The van der Waals surface area contributed by atoms with Gasteiger partial charge in [-0.15, -0.1) is 0 Å². The van der Waals surface area contributed by atoms with Crippen molar-refractivity contribution in [2.45, 2.75) is 58.4 Å². The highest BCUT2D eigenvalue weighted by molar-refractivity contribution is 5.69. The first kappa shape index (κ1) is 35.2. The molecule has 7 nitrogen and oxygen atoms in total. The van der Waals surface area contributed by atoms with Gasteiger partial charge in [0.15, 0.2) is 17.6 Å². The lowest BCUT2D eigenvalue weighted by Crippen LogP contribution is -2.35. The molecule has 6 aromatic carbocycles.